The van der Waals surface area contributed by atoms with Gasteiger partial charge >= 0.3 is 0 Å². The second-order valence-corrected chi connectivity index (χ2v) is 10.3. The van der Waals surface area contributed by atoms with Gasteiger partial charge in [-0.1, -0.05) is 23.1 Å². The van der Waals surface area contributed by atoms with Crippen LogP contribution in [0.2, 0.25) is 0 Å². The lowest BCUT2D eigenvalue weighted by atomic mass is 10.1. The minimum absolute atomic E-state index is 0.185. The molecular weight excluding hydrogens is 430 g/mol. The molecule has 3 unspecified atom stereocenters. The number of anilines is 2. The first kappa shape index (κ1) is 23.9. The normalized spacial score (nSPS) is 19.7. The van der Waals surface area contributed by atoms with Crippen molar-refractivity contribution in [3.8, 4) is 0 Å². The zero-order valence-electron chi connectivity index (χ0n) is 17.4. The van der Waals surface area contributed by atoms with Crippen molar-refractivity contribution in [3.05, 3.63) is 34.8 Å². The van der Waals surface area contributed by atoms with Gasteiger partial charge < -0.3 is 4.90 Å². The van der Waals surface area contributed by atoms with Gasteiger partial charge in [-0.15, -0.1) is 11.3 Å². The fraction of sp³-hybridized carbons (Fsp3) is 0.474. The third kappa shape index (κ3) is 6.04. The van der Waals surface area contributed by atoms with Gasteiger partial charge in [0, 0.05) is 24.0 Å². The second kappa shape index (κ2) is 10.1. The molecule has 0 radical (unpaired) electrons. The number of amides is 1. The summed E-state index contributed by atoms with van der Waals surface area (Å²) in [4.78, 5) is 19.5. The molecule has 29 heavy (non-hydrogen) atoms. The summed E-state index contributed by atoms with van der Waals surface area (Å²) in [6.45, 7) is 6.54. The number of aryl methyl sites for hydroxylation is 1. The summed E-state index contributed by atoms with van der Waals surface area (Å²) in [5, 5.41) is 3.76. The second-order valence-electron chi connectivity index (χ2n) is 6.69. The first-order valence-corrected chi connectivity index (χ1v) is 11.9. The van der Waals surface area contributed by atoms with Crippen molar-refractivity contribution in [2.75, 3.05) is 37.4 Å². The number of benzene rings is 1. The molecule has 1 fully saturated rings. The maximum Gasteiger partial charge on any atom is 0.259 e. The van der Waals surface area contributed by atoms with E-state index >= 15 is 0 Å². The molecule has 10 heteroatoms. The predicted molar refractivity (Wildman–Crippen MR) is 123 cm³/mol. The Morgan fingerprint density at radius 3 is 2.62 bits per heavy atom. The van der Waals surface area contributed by atoms with E-state index in [0.717, 1.165) is 5.69 Å². The lowest BCUT2D eigenvalue weighted by Gasteiger charge is -2.23. The Bertz CT molecular complexity index is 889. The molecule has 1 aromatic heterocycles. The topological polar surface area (TPSA) is 65.5 Å². The third-order valence-corrected chi connectivity index (χ3v) is 6.84. The van der Waals surface area contributed by atoms with Gasteiger partial charge in [-0.25, -0.2) is 17.9 Å². The van der Waals surface area contributed by atoms with E-state index in [1.165, 1.54) is 11.3 Å². The van der Waals surface area contributed by atoms with E-state index < -0.39 is 16.4 Å². The van der Waals surface area contributed by atoms with Gasteiger partial charge in [0.25, 0.3) is 5.91 Å². The van der Waals surface area contributed by atoms with Crippen molar-refractivity contribution in [2.45, 2.75) is 37.5 Å². The van der Waals surface area contributed by atoms with E-state index in [1.54, 1.807) is 36.6 Å². The smallest absolute Gasteiger partial charge is 0.259 e. The number of alkyl halides is 1. The highest BCUT2D eigenvalue weighted by Gasteiger charge is 2.35. The largest absolute Gasteiger partial charge is 0.367 e. The first-order chi connectivity index (χ1) is 13.7. The van der Waals surface area contributed by atoms with Crippen molar-refractivity contribution >= 4 is 48.3 Å². The Hall–Kier alpha value is -1.41. The zero-order valence-corrected chi connectivity index (χ0v) is 20.1. The summed E-state index contributed by atoms with van der Waals surface area (Å²) in [6.07, 6.45) is 0.371. The quantitative estimate of drug-likeness (QED) is 0.686. The Kier molecular flexibility index (Phi) is 8.28. The number of rotatable bonds is 5. The molecule has 2 heterocycles. The molecule has 2 aromatic rings. The summed E-state index contributed by atoms with van der Waals surface area (Å²) in [5.74, 6) is -0.350. The van der Waals surface area contributed by atoms with Gasteiger partial charge in [0.15, 0.2) is 5.13 Å². The van der Waals surface area contributed by atoms with Gasteiger partial charge in [0.1, 0.15) is 16.4 Å². The number of thiazole rings is 1. The fourth-order valence-electron chi connectivity index (χ4n) is 2.87. The minimum Gasteiger partial charge on any atom is -0.367 e. The minimum atomic E-state index is -1.39. The molecule has 6 nitrogen and oxygen atoms in total. The highest BCUT2D eigenvalue weighted by molar-refractivity contribution is 7.82. The number of carbonyl (C=O) groups excluding carboxylic acids is 1. The SMILES string of the molecule is CC.Cc1csc(NC(=O)c2cc(S(=O)N(C)C)ccc2N2CCC(F)(P)C2)n1. The highest BCUT2D eigenvalue weighted by Crippen LogP contribution is 2.36. The van der Waals surface area contributed by atoms with Crippen molar-refractivity contribution in [3.63, 3.8) is 0 Å². The van der Waals surface area contributed by atoms with Crippen LogP contribution < -0.4 is 10.2 Å². The van der Waals surface area contributed by atoms with Crippen LogP contribution in [0.1, 0.15) is 36.3 Å². The monoisotopic (exact) mass is 458 g/mol. The third-order valence-electron chi connectivity index (χ3n) is 4.18. The Morgan fingerprint density at radius 2 is 2.10 bits per heavy atom. The van der Waals surface area contributed by atoms with Crippen LogP contribution in [0.25, 0.3) is 0 Å². The molecule has 3 atom stereocenters. The van der Waals surface area contributed by atoms with Gasteiger partial charge in [0.2, 0.25) is 0 Å². The highest BCUT2D eigenvalue weighted by atomic mass is 32.2. The zero-order chi connectivity index (χ0) is 21.8. The van der Waals surface area contributed by atoms with Crippen LogP contribution >= 0.6 is 20.6 Å². The fourth-order valence-corrected chi connectivity index (χ4v) is 4.73. The Morgan fingerprint density at radius 1 is 1.41 bits per heavy atom. The molecule has 160 valence electrons. The molecule has 1 amide bonds. The standard InChI is InChI=1S/C17H22FN4O2PS2.C2H6/c1-11-9-26-16(19-11)20-15(23)13-8-12(27(24)21(2)3)4-5-14(13)22-7-6-17(18,25)10-22;1-2/h4-5,8-9H,6-7,10,25H2,1-3H3,(H,19,20,23);1-2H3. The van der Waals surface area contributed by atoms with E-state index in [4.69, 9.17) is 0 Å². The summed E-state index contributed by atoms with van der Waals surface area (Å²) < 4.78 is 28.3. The average molecular weight is 459 g/mol. The van der Waals surface area contributed by atoms with Crippen molar-refractivity contribution in [1.29, 1.82) is 0 Å². The molecule has 3 rings (SSSR count). The van der Waals surface area contributed by atoms with Crippen LogP contribution in [-0.4, -0.2) is 52.0 Å². The van der Waals surface area contributed by atoms with Crippen molar-refractivity contribution < 1.29 is 13.4 Å². The van der Waals surface area contributed by atoms with Crippen molar-refractivity contribution in [1.82, 2.24) is 9.29 Å². The number of halogens is 1. The number of hydrogen-bond donors (Lipinski definition) is 1. The number of hydrogen-bond acceptors (Lipinski definition) is 5. The van der Waals surface area contributed by atoms with Crippen LogP contribution in [0.4, 0.5) is 15.2 Å². The van der Waals surface area contributed by atoms with Gasteiger partial charge in [0.05, 0.1) is 22.7 Å². The summed E-state index contributed by atoms with van der Waals surface area (Å²) in [6, 6.07) is 5.07. The lowest BCUT2D eigenvalue weighted by molar-refractivity contribution is 0.102. The Labute approximate surface area is 180 Å². The number of aromatic nitrogens is 1. The summed E-state index contributed by atoms with van der Waals surface area (Å²) in [7, 11) is 4.26. The van der Waals surface area contributed by atoms with E-state index in [2.05, 4.69) is 19.5 Å². The molecule has 0 saturated carbocycles. The Balaban J connectivity index is 0.00000145. The maximum atomic E-state index is 14.3. The van der Waals surface area contributed by atoms with E-state index in [0.29, 0.717) is 34.2 Å². The number of nitrogens with zero attached hydrogens (tertiary/aromatic N) is 3. The lowest BCUT2D eigenvalue weighted by Crippen LogP contribution is -2.27. The van der Waals surface area contributed by atoms with E-state index in [1.807, 2.05) is 31.1 Å². The molecule has 1 aliphatic rings. The first-order valence-electron chi connectivity index (χ1n) is 9.36. The van der Waals surface area contributed by atoms with Crippen LogP contribution in [0.5, 0.6) is 0 Å². The summed E-state index contributed by atoms with van der Waals surface area (Å²) >= 11 is 1.34. The molecule has 1 aromatic carbocycles. The predicted octanol–water partition coefficient (Wildman–Crippen LogP) is 4.07. The number of carbonyl (C=O) groups is 1. The van der Waals surface area contributed by atoms with E-state index in [-0.39, 0.29) is 12.5 Å². The molecule has 1 saturated heterocycles. The molecule has 1 aliphatic heterocycles. The van der Waals surface area contributed by atoms with Gasteiger partial charge in [-0.05, 0) is 39.2 Å². The summed E-state index contributed by atoms with van der Waals surface area (Å²) in [5.41, 5.74) is 1.81. The molecule has 0 aliphatic carbocycles. The van der Waals surface area contributed by atoms with Crippen LogP contribution in [0.3, 0.4) is 0 Å². The molecule has 0 bridgehead atoms. The van der Waals surface area contributed by atoms with E-state index in [9.17, 15) is 13.4 Å². The molecular formula is C19H28FN4O2PS2. The van der Waals surface area contributed by atoms with Gasteiger partial charge in [-0.2, -0.15) is 0 Å². The average Bonchev–Trinajstić information content (AvgIpc) is 3.26. The van der Waals surface area contributed by atoms with Crippen LogP contribution in [0, 0.1) is 6.92 Å². The van der Waals surface area contributed by atoms with Crippen LogP contribution in [0.15, 0.2) is 28.5 Å². The molecule has 1 N–H and O–H groups in total. The van der Waals surface area contributed by atoms with Gasteiger partial charge in [-0.3, -0.25) is 10.1 Å². The van der Waals surface area contributed by atoms with Crippen LogP contribution in [-0.2, 0) is 11.0 Å². The maximum absolute atomic E-state index is 14.3. The number of nitrogens with one attached hydrogen (secondary N) is 1. The van der Waals surface area contributed by atoms with Crippen molar-refractivity contribution in [2.24, 2.45) is 0 Å². The molecule has 0 spiro atoms.